The minimum absolute atomic E-state index is 0.0670. The molecule has 1 atom stereocenters. The first-order valence-electron chi connectivity index (χ1n) is 7.03. The van der Waals surface area contributed by atoms with E-state index in [0.717, 1.165) is 5.69 Å². The maximum Gasteiger partial charge on any atom is 0.246 e. The summed E-state index contributed by atoms with van der Waals surface area (Å²) in [6.45, 7) is 6.78. The quantitative estimate of drug-likeness (QED) is 0.830. The van der Waals surface area contributed by atoms with Gasteiger partial charge in [-0.1, -0.05) is 20.8 Å². The van der Waals surface area contributed by atoms with Crippen molar-refractivity contribution in [2.45, 2.75) is 26.8 Å². The summed E-state index contributed by atoms with van der Waals surface area (Å²) in [5, 5.41) is 4.06. The van der Waals surface area contributed by atoms with Gasteiger partial charge in [-0.15, -0.1) is 0 Å². The minimum atomic E-state index is -0.602. The van der Waals surface area contributed by atoms with E-state index in [4.69, 9.17) is 5.73 Å². The molecule has 0 saturated carbocycles. The lowest BCUT2D eigenvalue weighted by Gasteiger charge is -2.37. The van der Waals surface area contributed by atoms with E-state index in [2.05, 4.69) is 5.10 Å². The molecule has 1 aromatic heterocycles. The summed E-state index contributed by atoms with van der Waals surface area (Å²) in [7, 11) is 1.80. The highest BCUT2D eigenvalue weighted by Gasteiger charge is 2.35. The zero-order chi connectivity index (χ0) is 15.8. The summed E-state index contributed by atoms with van der Waals surface area (Å²) in [4.78, 5) is 27.8. The molecule has 2 heterocycles. The third-order valence-electron chi connectivity index (χ3n) is 3.73. The van der Waals surface area contributed by atoms with Crippen molar-refractivity contribution in [2.75, 3.05) is 24.5 Å². The van der Waals surface area contributed by atoms with Gasteiger partial charge in [0, 0.05) is 26.3 Å². The van der Waals surface area contributed by atoms with Crippen molar-refractivity contribution in [2.24, 2.45) is 18.2 Å². The van der Waals surface area contributed by atoms with Crippen LogP contribution in [0.15, 0.2) is 12.4 Å². The van der Waals surface area contributed by atoms with E-state index >= 15 is 0 Å². The van der Waals surface area contributed by atoms with Gasteiger partial charge in [0.05, 0.1) is 17.9 Å². The molecule has 1 aromatic rings. The second kappa shape index (κ2) is 5.48. The number of carbonyl (C=O) groups is 2. The van der Waals surface area contributed by atoms with E-state index in [1.165, 1.54) is 0 Å². The van der Waals surface area contributed by atoms with Crippen LogP contribution in [0.1, 0.15) is 20.8 Å². The van der Waals surface area contributed by atoms with Crippen LogP contribution in [-0.2, 0) is 16.6 Å². The third kappa shape index (κ3) is 3.24. The van der Waals surface area contributed by atoms with Crippen molar-refractivity contribution in [3.05, 3.63) is 12.4 Å². The van der Waals surface area contributed by atoms with Crippen molar-refractivity contribution in [1.29, 1.82) is 0 Å². The molecule has 1 saturated heterocycles. The number of aromatic nitrogens is 2. The van der Waals surface area contributed by atoms with E-state index in [1.54, 1.807) is 33.9 Å². The lowest BCUT2D eigenvalue weighted by Crippen LogP contribution is -2.58. The Balaban J connectivity index is 2.04. The van der Waals surface area contributed by atoms with Crippen LogP contribution in [0.5, 0.6) is 0 Å². The van der Waals surface area contributed by atoms with Gasteiger partial charge in [0.25, 0.3) is 0 Å². The molecule has 2 amide bonds. The van der Waals surface area contributed by atoms with Gasteiger partial charge >= 0.3 is 0 Å². The standard InChI is InChI=1S/C14H23N5O2/c1-14(2,3)12(15)13(21)18-5-6-19(11(20)9-18)10-7-16-17(4)8-10/h7-8,12H,5-6,9,15H2,1-4H3/t12-/m1/s1. The molecule has 1 fully saturated rings. The van der Waals surface area contributed by atoms with Gasteiger partial charge in [-0.25, -0.2) is 0 Å². The summed E-state index contributed by atoms with van der Waals surface area (Å²) in [6.07, 6.45) is 3.44. The Morgan fingerprint density at radius 1 is 1.38 bits per heavy atom. The minimum Gasteiger partial charge on any atom is -0.330 e. The second-order valence-corrected chi connectivity index (χ2v) is 6.52. The van der Waals surface area contributed by atoms with Crippen LogP contribution in [0.25, 0.3) is 0 Å². The maximum atomic E-state index is 12.4. The summed E-state index contributed by atoms with van der Waals surface area (Å²) in [5.74, 6) is -0.273. The molecule has 2 rings (SSSR count). The molecule has 0 bridgehead atoms. The molecule has 0 aliphatic carbocycles. The maximum absolute atomic E-state index is 12.4. The Kier molecular flexibility index (Phi) is 4.04. The van der Waals surface area contributed by atoms with E-state index in [-0.39, 0.29) is 23.8 Å². The molecule has 0 unspecified atom stereocenters. The van der Waals surface area contributed by atoms with Gasteiger partial charge in [0.15, 0.2) is 0 Å². The molecule has 21 heavy (non-hydrogen) atoms. The summed E-state index contributed by atoms with van der Waals surface area (Å²) in [5.41, 5.74) is 6.43. The molecule has 1 aliphatic heterocycles. The van der Waals surface area contributed by atoms with Crippen LogP contribution in [0.2, 0.25) is 0 Å². The smallest absolute Gasteiger partial charge is 0.246 e. The molecule has 116 valence electrons. The van der Waals surface area contributed by atoms with Crippen molar-refractivity contribution < 1.29 is 9.59 Å². The lowest BCUT2D eigenvalue weighted by atomic mass is 9.86. The molecule has 7 nitrogen and oxygen atoms in total. The molecular formula is C14H23N5O2. The van der Waals surface area contributed by atoms with E-state index in [0.29, 0.717) is 13.1 Å². The molecule has 1 aliphatic rings. The zero-order valence-electron chi connectivity index (χ0n) is 13.0. The molecule has 0 radical (unpaired) electrons. The molecular weight excluding hydrogens is 270 g/mol. The molecule has 2 N–H and O–H groups in total. The highest BCUT2D eigenvalue weighted by molar-refractivity contribution is 5.98. The second-order valence-electron chi connectivity index (χ2n) is 6.52. The number of hydrogen-bond donors (Lipinski definition) is 1. The van der Waals surface area contributed by atoms with Gasteiger partial charge in [0.2, 0.25) is 11.8 Å². The Labute approximate surface area is 124 Å². The van der Waals surface area contributed by atoms with E-state index in [9.17, 15) is 9.59 Å². The first-order chi connectivity index (χ1) is 9.70. The van der Waals surface area contributed by atoms with Crippen LogP contribution in [0.3, 0.4) is 0 Å². The van der Waals surface area contributed by atoms with Crippen molar-refractivity contribution >= 4 is 17.5 Å². The van der Waals surface area contributed by atoms with Gasteiger partial charge in [-0.05, 0) is 5.41 Å². The highest BCUT2D eigenvalue weighted by Crippen LogP contribution is 2.21. The van der Waals surface area contributed by atoms with Crippen molar-refractivity contribution in [3.8, 4) is 0 Å². The van der Waals surface area contributed by atoms with Gasteiger partial charge in [-0.2, -0.15) is 5.10 Å². The fourth-order valence-corrected chi connectivity index (χ4v) is 2.25. The van der Waals surface area contributed by atoms with Crippen LogP contribution in [0.4, 0.5) is 5.69 Å². The fourth-order valence-electron chi connectivity index (χ4n) is 2.25. The predicted molar refractivity (Wildman–Crippen MR) is 79.6 cm³/mol. The Morgan fingerprint density at radius 2 is 2.05 bits per heavy atom. The average molecular weight is 293 g/mol. The van der Waals surface area contributed by atoms with Crippen LogP contribution in [-0.4, -0.2) is 52.2 Å². The number of hydrogen-bond acceptors (Lipinski definition) is 4. The number of aryl methyl sites for hydroxylation is 1. The first-order valence-corrected chi connectivity index (χ1v) is 7.03. The Morgan fingerprint density at radius 3 is 2.52 bits per heavy atom. The highest BCUT2D eigenvalue weighted by atomic mass is 16.2. The number of nitrogens with zero attached hydrogens (tertiary/aromatic N) is 4. The summed E-state index contributed by atoms with van der Waals surface area (Å²) >= 11 is 0. The van der Waals surface area contributed by atoms with Gasteiger partial charge in [-0.3, -0.25) is 14.3 Å². The monoisotopic (exact) mass is 293 g/mol. The number of anilines is 1. The molecule has 0 spiro atoms. The van der Waals surface area contributed by atoms with E-state index < -0.39 is 6.04 Å². The number of nitrogens with two attached hydrogens (primary N) is 1. The number of carbonyl (C=O) groups excluding carboxylic acids is 2. The largest absolute Gasteiger partial charge is 0.330 e. The van der Waals surface area contributed by atoms with Crippen LogP contribution in [0, 0.1) is 5.41 Å². The lowest BCUT2D eigenvalue weighted by molar-refractivity contribution is -0.139. The molecule has 0 aromatic carbocycles. The summed E-state index contributed by atoms with van der Waals surface area (Å²) < 4.78 is 1.65. The number of amides is 2. The number of piperazine rings is 1. The number of rotatable bonds is 2. The van der Waals surface area contributed by atoms with Crippen molar-refractivity contribution in [1.82, 2.24) is 14.7 Å². The SMILES string of the molecule is Cn1cc(N2CCN(C(=O)[C@@H](N)C(C)(C)C)CC2=O)cn1. The average Bonchev–Trinajstić information content (AvgIpc) is 2.82. The van der Waals surface area contributed by atoms with Crippen LogP contribution < -0.4 is 10.6 Å². The predicted octanol–water partition coefficient (Wildman–Crippen LogP) is -0.0313. The van der Waals surface area contributed by atoms with Gasteiger partial charge < -0.3 is 15.5 Å². The Bertz CT molecular complexity index is 546. The third-order valence-corrected chi connectivity index (χ3v) is 3.73. The topological polar surface area (TPSA) is 84.5 Å². The van der Waals surface area contributed by atoms with Gasteiger partial charge in [0.1, 0.15) is 6.54 Å². The zero-order valence-corrected chi connectivity index (χ0v) is 13.0. The first kappa shape index (κ1) is 15.5. The van der Waals surface area contributed by atoms with Crippen molar-refractivity contribution in [3.63, 3.8) is 0 Å². The van der Waals surface area contributed by atoms with E-state index in [1.807, 2.05) is 20.8 Å². The molecule has 7 heteroatoms. The summed E-state index contributed by atoms with van der Waals surface area (Å²) in [6, 6.07) is -0.602. The Hall–Kier alpha value is -1.89. The van der Waals surface area contributed by atoms with Crippen LogP contribution >= 0.6 is 0 Å². The fraction of sp³-hybridized carbons (Fsp3) is 0.643. The normalized spacial score (nSPS) is 18.0.